The van der Waals surface area contributed by atoms with Crippen molar-refractivity contribution >= 4 is 17.2 Å². The molecule has 6 nitrogen and oxygen atoms in total. The second kappa shape index (κ2) is 6.88. The van der Waals surface area contributed by atoms with Gasteiger partial charge in [-0.15, -0.1) is 16.4 Å². The van der Waals surface area contributed by atoms with Crippen molar-refractivity contribution in [3.63, 3.8) is 0 Å². The normalized spacial score (nSPS) is 12.1. The number of aromatic nitrogens is 4. The van der Waals surface area contributed by atoms with E-state index in [0.29, 0.717) is 5.56 Å². The van der Waals surface area contributed by atoms with Crippen molar-refractivity contribution in [2.45, 2.75) is 26.4 Å². The van der Waals surface area contributed by atoms with E-state index in [1.54, 1.807) is 18.2 Å². The predicted molar refractivity (Wildman–Crippen MR) is 88.3 cm³/mol. The van der Waals surface area contributed by atoms with Crippen LogP contribution in [0.3, 0.4) is 0 Å². The van der Waals surface area contributed by atoms with Crippen LogP contribution in [0.1, 0.15) is 39.7 Å². The maximum absolute atomic E-state index is 13.7. The number of carbonyl (C=O) groups excluding carboxylic acids is 1. The fourth-order valence-corrected chi connectivity index (χ4v) is 2.91. The molecule has 8 heteroatoms. The molecule has 0 radical (unpaired) electrons. The van der Waals surface area contributed by atoms with E-state index in [9.17, 15) is 9.18 Å². The molecule has 1 amide bonds. The molecular formula is C16H16FN5OS. The van der Waals surface area contributed by atoms with Crippen molar-refractivity contribution in [2.75, 3.05) is 0 Å². The Balaban J connectivity index is 1.66. The van der Waals surface area contributed by atoms with Gasteiger partial charge in [0.05, 0.1) is 29.5 Å². The van der Waals surface area contributed by atoms with E-state index in [0.717, 1.165) is 10.7 Å². The third kappa shape index (κ3) is 3.65. The fourth-order valence-electron chi connectivity index (χ4n) is 2.20. The number of nitrogens with zero attached hydrogens (tertiary/aromatic N) is 4. The molecule has 1 aromatic carbocycles. The van der Waals surface area contributed by atoms with Crippen LogP contribution < -0.4 is 5.32 Å². The number of amides is 1. The third-order valence-corrected chi connectivity index (χ3v) is 4.28. The Morgan fingerprint density at radius 1 is 1.42 bits per heavy atom. The van der Waals surface area contributed by atoms with Gasteiger partial charge in [0.1, 0.15) is 5.82 Å². The Labute approximate surface area is 142 Å². The lowest BCUT2D eigenvalue weighted by Crippen LogP contribution is -2.27. The fraction of sp³-hybridized carbons (Fsp3) is 0.250. The topological polar surface area (TPSA) is 72.7 Å². The molecule has 0 aliphatic carbocycles. The van der Waals surface area contributed by atoms with Gasteiger partial charge in [-0.1, -0.05) is 23.4 Å². The first-order valence-electron chi connectivity index (χ1n) is 7.39. The zero-order chi connectivity index (χ0) is 17.1. The van der Waals surface area contributed by atoms with E-state index >= 15 is 0 Å². The van der Waals surface area contributed by atoms with Crippen molar-refractivity contribution < 1.29 is 9.18 Å². The maximum Gasteiger partial charge on any atom is 0.273 e. The molecule has 3 aromatic rings. The molecule has 0 spiro atoms. The van der Waals surface area contributed by atoms with Gasteiger partial charge >= 0.3 is 0 Å². The number of rotatable bonds is 5. The quantitative estimate of drug-likeness (QED) is 0.772. The summed E-state index contributed by atoms with van der Waals surface area (Å²) in [7, 11) is 0. The van der Waals surface area contributed by atoms with Crippen LogP contribution in [0.2, 0.25) is 0 Å². The van der Waals surface area contributed by atoms with Gasteiger partial charge in [-0.2, -0.15) is 0 Å². The summed E-state index contributed by atoms with van der Waals surface area (Å²) < 4.78 is 15.1. The van der Waals surface area contributed by atoms with E-state index in [1.165, 1.54) is 28.3 Å². The zero-order valence-electron chi connectivity index (χ0n) is 13.2. The number of nitrogens with one attached hydrogen (secondary N) is 1. The first-order chi connectivity index (χ1) is 11.5. The molecule has 1 atom stereocenters. The standard InChI is InChI=1S/C16H16FN5OS/c1-10(15-9-24-11(2)19-15)18-16(23)14-8-22(21-20-14)7-12-5-3-4-6-13(12)17/h3-6,8-10H,7H2,1-2H3,(H,18,23)/t10-/m1/s1. The highest BCUT2D eigenvalue weighted by molar-refractivity contribution is 7.09. The van der Waals surface area contributed by atoms with Crippen LogP contribution in [0.5, 0.6) is 0 Å². The second-order valence-corrected chi connectivity index (χ2v) is 6.44. The molecule has 0 fully saturated rings. The molecule has 0 unspecified atom stereocenters. The Morgan fingerprint density at radius 3 is 2.92 bits per heavy atom. The summed E-state index contributed by atoms with van der Waals surface area (Å²) in [5, 5.41) is 13.4. The van der Waals surface area contributed by atoms with Crippen molar-refractivity contribution in [3.8, 4) is 0 Å². The van der Waals surface area contributed by atoms with Gasteiger partial charge in [-0.05, 0) is 19.9 Å². The minimum absolute atomic E-state index is 0.185. The molecule has 0 aliphatic rings. The first kappa shape index (κ1) is 16.3. The van der Waals surface area contributed by atoms with Crippen LogP contribution in [0.15, 0.2) is 35.8 Å². The average molecular weight is 345 g/mol. The van der Waals surface area contributed by atoms with Crippen LogP contribution >= 0.6 is 11.3 Å². The zero-order valence-corrected chi connectivity index (χ0v) is 14.0. The van der Waals surface area contributed by atoms with Gasteiger partial charge in [-0.25, -0.2) is 14.1 Å². The largest absolute Gasteiger partial charge is 0.342 e. The molecule has 0 aliphatic heterocycles. The molecule has 24 heavy (non-hydrogen) atoms. The SMILES string of the molecule is Cc1nc([C@@H](C)NC(=O)c2cn(Cc3ccccc3F)nn2)cs1. The van der Waals surface area contributed by atoms with Gasteiger partial charge in [0.2, 0.25) is 0 Å². The van der Waals surface area contributed by atoms with Gasteiger partial charge in [0.15, 0.2) is 5.69 Å². The molecule has 3 rings (SSSR count). The molecule has 0 bridgehead atoms. The van der Waals surface area contributed by atoms with Crippen LogP contribution in [-0.4, -0.2) is 25.9 Å². The lowest BCUT2D eigenvalue weighted by Gasteiger charge is -2.09. The summed E-state index contributed by atoms with van der Waals surface area (Å²) in [6, 6.07) is 6.21. The molecule has 0 saturated carbocycles. The lowest BCUT2D eigenvalue weighted by molar-refractivity contribution is 0.0934. The highest BCUT2D eigenvalue weighted by atomic mass is 32.1. The van der Waals surface area contributed by atoms with Gasteiger partial charge < -0.3 is 5.32 Å². The van der Waals surface area contributed by atoms with Crippen molar-refractivity contribution in [3.05, 3.63) is 63.6 Å². The summed E-state index contributed by atoms with van der Waals surface area (Å²) in [4.78, 5) is 16.6. The molecule has 2 heterocycles. The molecule has 1 N–H and O–H groups in total. The van der Waals surface area contributed by atoms with Crippen LogP contribution in [0.25, 0.3) is 0 Å². The second-order valence-electron chi connectivity index (χ2n) is 5.38. The summed E-state index contributed by atoms with van der Waals surface area (Å²) in [6.45, 7) is 3.99. The molecule has 0 saturated heterocycles. The van der Waals surface area contributed by atoms with E-state index < -0.39 is 0 Å². The predicted octanol–water partition coefficient (Wildman–Crippen LogP) is 2.72. The number of halogens is 1. The summed E-state index contributed by atoms with van der Waals surface area (Å²) >= 11 is 1.53. The van der Waals surface area contributed by atoms with Crippen LogP contribution in [-0.2, 0) is 6.54 Å². The van der Waals surface area contributed by atoms with Crippen molar-refractivity contribution in [1.29, 1.82) is 0 Å². The van der Waals surface area contributed by atoms with Gasteiger partial charge in [-0.3, -0.25) is 4.79 Å². The van der Waals surface area contributed by atoms with E-state index in [4.69, 9.17) is 0 Å². The molecule has 2 aromatic heterocycles. The smallest absolute Gasteiger partial charge is 0.273 e. The first-order valence-corrected chi connectivity index (χ1v) is 8.27. The minimum atomic E-state index is -0.340. The average Bonchev–Trinajstić information content (AvgIpc) is 3.19. The Morgan fingerprint density at radius 2 is 2.21 bits per heavy atom. The summed E-state index contributed by atoms with van der Waals surface area (Å²) in [5.41, 5.74) is 1.48. The number of thiazole rings is 1. The number of hydrogen-bond donors (Lipinski definition) is 1. The molecular weight excluding hydrogens is 329 g/mol. The third-order valence-electron chi connectivity index (χ3n) is 3.49. The number of benzene rings is 1. The van der Waals surface area contributed by atoms with E-state index in [1.807, 2.05) is 19.2 Å². The number of hydrogen-bond acceptors (Lipinski definition) is 5. The highest BCUT2D eigenvalue weighted by Gasteiger charge is 2.16. The van der Waals surface area contributed by atoms with Crippen LogP contribution in [0, 0.1) is 12.7 Å². The Hall–Kier alpha value is -2.61. The number of aryl methyl sites for hydroxylation is 1. The Kier molecular flexibility index (Phi) is 4.66. The number of carbonyl (C=O) groups is 1. The van der Waals surface area contributed by atoms with E-state index in [2.05, 4.69) is 20.6 Å². The van der Waals surface area contributed by atoms with Gasteiger partial charge in [0.25, 0.3) is 5.91 Å². The summed E-state index contributed by atoms with van der Waals surface area (Å²) in [6.07, 6.45) is 1.50. The maximum atomic E-state index is 13.7. The Bertz CT molecular complexity index is 860. The van der Waals surface area contributed by atoms with E-state index in [-0.39, 0.29) is 30.0 Å². The minimum Gasteiger partial charge on any atom is -0.342 e. The van der Waals surface area contributed by atoms with Crippen molar-refractivity contribution in [1.82, 2.24) is 25.3 Å². The van der Waals surface area contributed by atoms with Crippen molar-refractivity contribution in [2.24, 2.45) is 0 Å². The monoisotopic (exact) mass is 345 g/mol. The summed E-state index contributed by atoms with van der Waals surface area (Å²) in [5.74, 6) is -0.653. The highest BCUT2D eigenvalue weighted by Crippen LogP contribution is 2.16. The lowest BCUT2D eigenvalue weighted by atomic mass is 10.2. The van der Waals surface area contributed by atoms with Crippen LogP contribution in [0.4, 0.5) is 4.39 Å². The van der Waals surface area contributed by atoms with Gasteiger partial charge in [0, 0.05) is 10.9 Å². The molecule has 124 valence electrons.